The van der Waals surface area contributed by atoms with Crippen molar-refractivity contribution >= 4 is 0 Å². The zero-order chi connectivity index (χ0) is 11.3. The molecule has 1 rings (SSSR count). The number of rotatable bonds is 5. The van der Waals surface area contributed by atoms with Crippen molar-refractivity contribution in [2.45, 2.75) is 32.9 Å². The predicted octanol–water partition coefficient (Wildman–Crippen LogP) is 1.99. The highest BCUT2D eigenvalue weighted by atomic mass is 19.1. The average molecular weight is 211 g/mol. The summed E-state index contributed by atoms with van der Waals surface area (Å²) in [6, 6.07) is 5.29. The fraction of sp³-hybridized carbons (Fsp3) is 0.500. The molecule has 1 atom stereocenters. The van der Waals surface area contributed by atoms with Gasteiger partial charge in [-0.1, -0.05) is 19.1 Å². The van der Waals surface area contributed by atoms with Crippen LogP contribution in [0.5, 0.6) is 0 Å². The van der Waals surface area contributed by atoms with E-state index >= 15 is 0 Å². The fourth-order valence-corrected chi connectivity index (χ4v) is 1.35. The van der Waals surface area contributed by atoms with Crippen molar-refractivity contribution < 1.29 is 9.50 Å². The minimum absolute atomic E-state index is 0.0920. The second-order valence-corrected chi connectivity index (χ2v) is 3.75. The summed E-state index contributed by atoms with van der Waals surface area (Å²) >= 11 is 0. The van der Waals surface area contributed by atoms with Gasteiger partial charge in [0.1, 0.15) is 5.82 Å². The summed E-state index contributed by atoms with van der Waals surface area (Å²) < 4.78 is 13.2. The van der Waals surface area contributed by atoms with Crippen molar-refractivity contribution in [1.29, 1.82) is 0 Å². The van der Waals surface area contributed by atoms with E-state index in [1.54, 1.807) is 13.0 Å². The normalized spacial score (nSPS) is 12.8. The second-order valence-electron chi connectivity index (χ2n) is 3.75. The van der Waals surface area contributed by atoms with E-state index < -0.39 is 0 Å². The van der Waals surface area contributed by atoms with E-state index in [0.29, 0.717) is 12.1 Å². The Morgan fingerprint density at radius 2 is 2.20 bits per heavy atom. The quantitative estimate of drug-likeness (QED) is 0.780. The lowest BCUT2D eigenvalue weighted by Gasteiger charge is -2.14. The molecule has 0 aliphatic heterocycles. The van der Waals surface area contributed by atoms with Crippen LogP contribution < -0.4 is 5.32 Å². The van der Waals surface area contributed by atoms with Gasteiger partial charge in [0.15, 0.2) is 0 Å². The van der Waals surface area contributed by atoms with E-state index in [1.807, 2.05) is 13.0 Å². The predicted molar refractivity (Wildman–Crippen MR) is 59.1 cm³/mol. The van der Waals surface area contributed by atoms with Gasteiger partial charge in [0, 0.05) is 12.6 Å². The van der Waals surface area contributed by atoms with Gasteiger partial charge in [-0.05, 0) is 30.5 Å². The van der Waals surface area contributed by atoms with E-state index in [0.717, 1.165) is 12.0 Å². The van der Waals surface area contributed by atoms with Gasteiger partial charge < -0.3 is 10.4 Å². The van der Waals surface area contributed by atoms with Crippen molar-refractivity contribution in [1.82, 2.24) is 5.32 Å². The van der Waals surface area contributed by atoms with Crippen LogP contribution in [0.15, 0.2) is 18.2 Å². The maximum Gasteiger partial charge on any atom is 0.126 e. The first-order valence-corrected chi connectivity index (χ1v) is 5.26. The van der Waals surface area contributed by atoms with Crippen molar-refractivity contribution in [2.75, 3.05) is 6.61 Å². The average Bonchev–Trinajstić information content (AvgIpc) is 2.24. The number of nitrogens with one attached hydrogen (secondary N) is 1. The maximum atomic E-state index is 13.2. The summed E-state index contributed by atoms with van der Waals surface area (Å²) in [4.78, 5) is 0. The van der Waals surface area contributed by atoms with Gasteiger partial charge in [-0.2, -0.15) is 0 Å². The van der Waals surface area contributed by atoms with Crippen molar-refractivity contribution in [3.05, 3.63) is 35.1 Å². The molecule has 0 aliphatic carbocycles. The zero-order valence-electron chi connectivity index (χ0n) is 9.26. The van der Waals surface area contributed by atoms with Gasteiger partial charge in [0.05, 0.1) is 6.61 Å². The Morgan fingerprint density at radius 3 is 2.73 bits per heavy atom. The summed E-state index contributed by atoms with van der Waals surface area (Å²) in [5.41, 5.74) is 1.57. The fourth-order valence-electron chi connectivity index (χ4n) is 1.35. The Bertz CT molecular complexity index is 310. The summed E-state index contributed by atoms with van der Waals surface area (Å²) in [5.74, 6) is -0.175. The van der Waals surface area contributed by atoms with Crippen molar-refractivity contribution in [3.8, 4) is 0 Å². The molecule has 3 heteroatoms. The molecule has 0 amide bonds. The van der Waals surface area contributed by atoms with Gasteiger partial charge in [0.2, 0.25) is 0 Å². The Morgan fingerprint density at radius 1 is 1.47 bits per heavy atom. The van der Waals surface area contributed by atoms with E-state index in [-0.39, 0.29) is 18.5 Å². The third-order valence-corrected chi connectivity index (χ3v) is 2.54. The molecule has 0 bridgehead atoms. The number of halogens is 1. The van der Waals surface area contributed by atoms with Gasteiger partial charge in [0.25, 0.3) is 0 Å². The minimum atomic E-state index is -0.175. The molecule has 0 saturated heterocycles. The summed E-state index contributed by atoms with van der Waals surface area (Å²) in [5, 5.41) is 12.1. The molecule has 1 aromatic carbocycles. The Balaban J connectivity index is 2.54. The Kier molecular flexibility index (Phi) is 4.72. The third-order valence-electron chi connectivity index (χ3n) is 2.54. The molecule has 0 heterocycles. The summed E-state index contributed by atoms with van der Waals surface area (Å²) in [6.45, 7) is 4.46. The van der Waals surface area contributed by atoms with Crippen LogP contribution in [0.25, 0.3) is 0 Å². The van der Waals surface area contributed by atoms with Crippen LogP contribution >= 0.6 is 0 Å². The molecule has 2 N–H and O–H groups in total. The van der Waals surface area contributed by atoms with Crippen molar-refractivity contribution in [3.63, 3.8) is 0 Å². The molecule has 0 aromatic heterocycles. The molecule has 0 spiro atoms. The maximum absolute atomic E-state index is 13.2. The first-order valence-electron chi connectivity index (χ1n) is 5.26. The number of aliphatic hydroxyl groups excluding tert-OH is 1. The van der Waals surface area contributed by atoms with Gasteiger partial charge in [-0.3, -0.25) is 0 Å². The molecule has 84 valence electrons. The molecular weight excluding hydrogens is 193 g/mol. The smallest absolute Gasteiger partial charge is 0.126 e. The first kappa shape index (κ1) is 12.1. The topological polar surface area (TPSA) is 32.3 Å². The molecule has 0 fully saturated rings. The molecule has 1 aromatic rings. The highest BCUT2D eigenvalue weighted by Gasteiger charge is 2.04. The number of hydrogen-bond acceptors (Lipinski definition) is 2. The zero-order valence-corrected chi connectivity index (χ0v) is 9.26. The highest BCUT2D eigenvalue weighted by Crippen LogP contribution is 2.09. The van der Waals surface area contributed by atoms with Gasteiger partial charge in [-0.15, -0.1) is 0 Å². The molecular formula is C12H18FNO. The first-order chi connectivity index (χ1) is 7.17. The van der Waals surface area contributed by atoms with Gasteiger partial charge in [-0.25, -0.2) is 4.39 Å². The monoisotopic (exact) mass is 211 g/mol. The van der Waals surface area contributed by atoms with E-state index in [9.17, 15) is 4.39 Å². The van der Waals surface area contributed by atoms with Crippen LogP contribution in [0.1, 0.15) is 24.5 Å². The highest BCUT2D eigenvalue weighted by molar-refractivity contribution is 5.23. The lowest BCUT2D eigenvalue weighted by Crippen LogP contribution is -2.31. The van der Waals surface area contributed by atoms with E-state index in [1.165, 1.54) is 6.07 Å². The van der Waals surface area contributed by atoms with E-state index in [2.05, 4.69) is 5.32 Å². The lowest BCUT2D eigenvalue weighted by molar-refractivity contribution is 0.238. The largest absolute Gasteiger partial charge is 0.395 e. The minimum Gasteiger partial charge on any atom is -0.395 e. The van der Waals surface area contributed by atoms with Crippen LogP contribution in [0, 0.1) is 12.7 Å². The third kappa shape index (κ3) is 3.61. The molecule has 15 heavy (non-hydrogen) atoms. The lowest BCUT2D eigenvalue weighted by atomic mass is 10.1. The van der Waals surface area contributed by atoms with Crippen LogP contribution in [0.4, 0.5) is 4.39 Å². The Hall–Kier alpha value is -0.930. The molecule has 0 radical (unpaired) electrons. The SMILES string of the molecule is CCC(CO)NCc1ccc(C)c(F)c1. The summed E-state index contributed by atoms with van der Waals surface area (Å²) in [7, 11) is 0. The molecule has 1 unspecified atom stereocenters. The van der Waals surface area contributed by atoms with Crippen LogP contribution in [-0.2, 0) is 6.54 Å². The van der Waals surface area contributed by atoms with Crippen molar-refractivity contribution in [2.24, 2.45) is 0 Å². The molecule has 0 aliphatic rings. The van der Waals surface area contributed by atoms with Crippen LogP contribution in [0.3, 0.4) is 0 Å². The number of hydrogen-bond donors (Lipinski definition) is 2. The number of benzene rings is 1. The Labute approximate surface area is 90.1 Å². The molecule has 2 nitrogen and oxygen atoms in total. The van der Waals surface area contributed by atoms with E-state index in [4.69, 9.17) is 5.11 Å². The second kappa shape index (κ2) is 5.83. The standard InChI is InChI=1S/C12H18FNO/c1-3-11(8-15)14-7-10-5-4-9(2)12(13)6-10/h4-6,11,14-15H,3,7-8H2,1-2H3. The van der Waals surface area contributed by atoms with Crippen LogP contribution in [-0.4, -0.2) is 17.8 Å². The van der Waals surface area contributed by atoms with Crippen LogP contribution in [0.2, 0.25) is 0 Å². The summed E-state index contributed by atoms with van der Waals surface area (Å²) in [6.07, 6.45) is 0.866. The van der Waals surface area contributed by atoms with Gasteiger partial charge >= 0.3 is 0 Å². The molecule has 0 saturated carbocycles. The number of aryl methyl sites for hydroxylation is 1. The number of aliphatic hydroxyl groups is 1.